The van der Waals surface area contributed by atoms with Gasteiger partial charge in [-0.1, -0.05) is 0 Å². The van der Waals surface area contributed by atoms with Crippen LogP contribution in [-0.4, -0.2) is 130 Å². The molecule has 0 aliphatic carbocycles. The van der Waals surface area contributed by atoms with Crippen LogP contribution < -0.4 is 20.0 Å². The summed E-state index contributed by atoms with van der Waals surface area (Å²) in [4.78, 5) is 29.5. The Balaban J connectivity index is 0.000000794. The minimum absolute atomic E-state index is 0.000000000000000444. The van der Waals surface area contributed by atoms with E-state index in [0.29, 0.717) is 63.7 Å². The Hall–Kier alpha value is -1.91. The summed E-state index contributed by atoms with van der Waals surface area (Å²) in [5, 5.41) is 38.5. The summed E-state index contributed by atoms with van der Waals surface area (Å²) in [6.45, 7) is 10.1. The number of aliphatic hydroxyl groups is 4. The summed E-state index contributed by atoms with van der Waals surface area (Å²) in [5.41, 5.74) is 0. The summed E-state index contributed by atoms with van der Waals surface area (Å²) in [6.07, 6.45) is 0. The van der Waals surface area contributed by atoms with Crippen molar-refractivity contribution >= 4 is 52.6 Å². The van der Waals surface area contributed by atoms with E-state index in [-0.39, 0.29) is 42.3 Å². The van der Waals surface area contributed by atoms with Gasteiger partial charge >= 0.3 is 0 Å². The Labute approximate surface area is 238 Å². The van der Waals surface area contributed by atoms with Crippen molar-refractivity contribution in [3.63, 3.8) is 0 Å². The number of aromatic nitrogens is 6. The van der Waals surface area contributed by atoms with Gasteiger partial charge in [-0.25, -0.2) is 0 Å². The van der Waals surface area contributed by atoms with Crippen LogP contribution >= 0.6 is 34.8 Å². The lowest BCUT2D eigenvalue weighted by Crippen LogP contribution is -2.34. The predicted molar refractivity (Wildman–Crippen MR) is 151 cm³/mol. The number of nitrogens with one attached hydrogen (secondary N) is 1. The number of hydrogen-bond acceptors (Lipinski definition) is 14. The molecule has 0 fully saturated rings. The molecule has 0 atom stereocenters. The number of aliphatic hydroxyl groups excluding tert-OH is 4. The van der Waals surface area contributed by atoms with Crippen LogP contribution in [-0.2, 0) is 0 Å². The third kappa shape index (κ3) is 14.3. The molecule has 14 nitrogen and oxygen atoms in total. The van der Waals surface area contributed by atoms with E-state index >= 15 is 0 Å². The van der Waals surface area contributed by atoms with E-state index in [1.165, 1.54) is 0 Å². The Bertz CT molecular complexity index is 760. The fourth-order valence-electron chi connectivity index (χ4n) is 2.74. The number of halogens is 3. The maximum Gasteiger partial charge on any atom is 0.232 e. The van der Waals surface area contributed by atoms with Crippen LogP contribution in [0.4, 0.5) is 17.8 Å². The molecule has 0 aliphatic rings. The third-order valence-electron chi connectivity index (χ3n) is 4.62. The smallest absolute Gasteiger partial charge is 0.232 e. The van der Waals surface area contributed by atoms with Crippen molar-refractivity contribution in [2.75, 3.05) is 94.0 Å². The highest BCUT2D eigenvalue weighted by atomic mass is 35.5. The molecule has 0 spiro atoms. The van der Waals surface area contributed by atoms with E-state index in [4.69, 9.17) is 39.9 Å². The molecule has 2 aromatic rings. The Morgan fingerprint density at radius 1 is 0.553 bits per heavy atom. The first-order chi connectivity index (χ1) is 18.2. The highest BCUT2D eigenvalue weighted by Crippen LogP contribution is 2.19. The van der Waals surface area contributed by atoms with Gasteiger partial charge in [0.2, 0.25) is 33.7 Å². The molecule has 0 saturated carbocycles. The van der Waals surface area contributed by atoms with E-state index in [2.05, 4.69) is 35.2 Å². The number of nitrogens with zero attached hydrogens (tertiary/aromatic N) is 9. The first kappa shape index (κ1) is 36.1. The maximum atomic E-state index is 9.25. The zero-order valence-corrected chi connectivity index (χ0v) is 24.5. The topological polar surface area (TPSA) is 180 Å². The lowest BCUT2D eigenvalue weighted by atomic mass is 10.5. The molecule has 0 saturated heterocycles. The van der Waals surface area contributed by atoms with Gasteiger partial charge in [-0.2, -0.15) is 29.9 Å². The lowest BCUT2D eigenvalue weighted by Gasteiger charge is -2.27. The molecule has 17 heteroatoms. The lowest BCUT2D eigenvalue weighted by molar-refractivity contribution is 0.296. The highest BCUT2D eigenvalue weighted by Gasteiger charge is 2.18. The second-order valence-corrected chi connectivity index (χ2v) is 8.13. The molecular weight excluding hydrogens is 563 g/mol. The van der Waals surface area contributed by atoms with Crippen LogP contribution in [0.3, 0.4) is 0 Å². The van der Waals surface area contributed by atoms with Crippen molar-refractivity contribution in [3.05, 3.63) is 15.9 Å². The predicted octanol–water partition coefficient (Wildman–Crippen LogP) is 0.357. The van der Waals surface area contributed by atoms with Crippen LogP contribution in [0, 0.1) is 0 Å². The van der Waals surface area contributed by atoms with Gasteiger partial charge in [0.15, 0.2) is 0 Å². The summed E-state index contributed by atoms with van der Waals surface area (Å²) >= 11 is 16.0. The van der Waals surface area contributed by atoms with Crippen LogP contribution in [0.5, 0.6) is 0 Å². The molecule has 2 aromatic heterocycles. The molecule has 0 amide bonds. The van der Waals surface area contributed by atoms with Gasteiger partial charge in [-0.05, 0) is 62.6 Å². The van der Waals surface area contributed by atoms with Gasteiger partial charge in [0.05, 0.1) is 26.4 Å². The van der Waals surface area contributed by atoms with Gasteiger partial charge in [-0.15, -0.1) is 0 Å². The number of hydrogen-bond donors (Lipinski definition) is 5. The minimum Gasteiger partial charge on any atom is -0.395 e. The van der Waals surface area contributed by atoms with Crippen LogP contribution in [0.15, 0.2) is 0 Å². The van der Waals surface area contributed by atoms with Crippen LogP contribution in [0.2, 0.25) is 15.9 Å². The standard InChI is InChI=1S/C15H30N6O3.C3Cl3N3.C3H9NO/c1-4-19(7-10-22)13-16-14(20(5-2)8-11-23)18-15(17-13)21(6-3)9-12-24;4-1-7-2(5)9-3(6)8-1;1-4-2-3-5/h22-24H,4-12H2,1-3H3;;4-5H,2-3H2,1H3. The van der Waals surface area contributed by atoms with Crippen molar-refractivity contribution in [2.24, 2.45) is 0 Å². The van der Waals surface area contributed by atoms with Crippen LogP contribution in [0.25, 0.3) is 0 Å². The number of rotatable bonds is 14. The molecule has 218 valence electrons. The number of anilines is 3. The average molecular weight is 602 g/mol. The molecule has 2 heterocycles. The van der Waals surface area contributed by atoms with Crippen molar-refractivity contribution < 1.29 is 20.4 Å². The average Bonchev–Trinajstić information content (AvgIpc) is 2.89. The Kier molecular flexibility index (Phi) is 20.9. The molecule has 0 unspecified atom stereocenters. The molecule has 0 bridgehead atoms. The Morgan fingerprint density at radius 3 is 1.00 bits per heavy atom. The zero-order valence-electron chi connectivity index (χ0n) is 22.2. The maximum absolute atomic E-state index is 9.25. The number of likely N-dealkylation sites (N-methyl/N-ethyl adjacent to an activating group) is 4. The van der Waals surface area contributed by atoms with Gasteiger partial charge < -0.3 is 40.4 Å². The van der Waals surface area contributed by atoms with Crippen LogP contribution in [0.1, 0.15) is 20.8 Å². The van der Waals surface area contributed by atoms with Gasteiger partial charge in [0.25, 0.3) is 0 Å². The first-order valence-electron chi connectivity index (χ1n) is 12.1. The summed E-state index contributed by atoms with van der Waals surface area (Å²) in [6, 6.07) is 0. The van der Waals surface area contributed by atoms with Crippen molar-refractivity contribution in [2.45, 2.75) is 20.8 Å². The largest absolute Gasteiger partial charge is 0.395 e. The highest BCUT2D eigenvalue weighted by molar-refractivity contribution is 6.33. The minimum atomic E-state index is 0.000000000000000444. The molecule has 0 radical (unpaired) electrons. The second kappa shape index (κ2) is 22.0. The summed E-state index contributed by atoms with van der Waals surface area (Å²) in [5.74, 6) is 1.46. The summed E-state index contributed by atoms with van der Waals surface area (Å²) in [7, 11) is 1.80. The zero-order chi connectivity index (χ0) is 28.9. The van der Waals surface area contributed by atoms with Gasteiger partial charge in [0, 0.05) is 45.8 Å². The summed E-state index contributed by atoms with van der Waals surface area (Å²) < 4.78 is 0. The van der Waals surface area contributed by atoms with Crippen molar-refractivity contribution in [3.8, 4) is 0 Å². The molecule has 5 N–H and O–H groups in total. The third-order valence-corrected chi connectivity index (χ3v) is 5.13. The molecule has 0 aromatic carbocycles. The van der Waals surface area contributed by atoms with E-state index in [9.17, 15) is 15.3 Å². The SMILES string of the molecule is CCN(CCO)c1nc(N(CC)CCO)nc(N(CC)CCO)n1.CNCCO.Clc1nc(Cl)nc(Cl)n1. The van der Waals surface area contributed by atoms with Crippen molar-refractivity contribution in [1.82, 2.24) is 35.2 Å². The molecule has 38 heavy (non-hydrogen) atoms. The quantitative estimate of drug-likeness (QED) is 0.200. The van der Waals surface area contributed by atoms with E-state index in [1.807, 2.05) is 35.5 Å². The molecule has 0 aliphatic heterocycles. The Morgan fingerprint density at radius 2 is 0.842 bits per heavy atom. The van der Waals surface area contributed by atoms with Gasteiger partial charge in [-0.3, -0.25) is 0 Å². The molecular formula is C21H39Cl3N10O4. The fraction of sp³-hybridized carbons (Fsp3) is 0.714. The first-order valence-corrected chi connectivity index (χ1v) is 13.2. The van der Waals surface area contributed by atoms with E-state index in [1.54, 1.807) is 7.05 Å². The second-order valence-electron chi connectivity index (χ2n) is 7.11. The van der Waals surface area contributed by atoms with Gasteiger partial charge in [0.1, 0.15) is 0 Å². The monoisotopic (exact) mass is 600 g/mol. The van der Waals surface area contributed by atoms with E-state index in [0.717, 1.165) is 0 Å². The van der Waals surface area contributed by atoms with E-state index < -0.39 is 0 Å². The molecule has 2 rings (SSSR count). The van der Waals surface area contributed by atoms with Crippen molar-refractivity contribution in [1.29, 1.82) is 0 Å². The fourth-order valence-corrected chi connectivity index (χ4v) is 3.35. The normalized spacial score (nSPS) is 10.2.